The van der Waals surface area contributed by atoms with Gasteiger partial charge in [0.2, 0.25) is 0 Å². The van der Waals surface area contributed by atoms with Gasteiger partial charge in [0.15, 0.2) is 4.80 Å². The van der Waals surface area contributed by atoms with E-state index in [1.807, 2.05) is 49.6 Å². The lowest BCUT2D eigenvalue weighted by Crippen LogP contribution is -2.40. The number of hydrogen-bond acceptors (Lipinski definition) is 5. The molecule has 0 amide bonds. The molecule has 224 valence electrons. The molecule has 0 saturated carbocycles. The van der Waals surface area contributed by atoms with Gasteiger partial charge in [-0.25, -0.2) is 14.2 Å². The zero-order valence-corrected chi connectivity index (χ0v) is 26.8. The number of halogens is 2. The van der Waals surface area contributed by atoms with Crippen LogP contribution in [0.15, 0.2) is 69.6 Å². The minimum absolute atomic E-state index is 0.0431. The molecule has 5 rings (SSSR count). The second kappa shape index (κ2) is 12.5. The number of nitrogens with zero attached hydrogens (tertiary/aromatic N) is 3. The number of carbonyl (C=O) groups excluding carboxylic acids is 1. The first-order valence-electron chi connectivity index (χ1n) is 14.5. The van der Waals surface area contributed by atoms with E-state index in [-0.39, 0.29) is 17.2 Å². The molecule has 2 aromatic heterocycles. The Hall–Kier alpha value is -3.75. The lowest BCUT2D eigenvalue weighted by molar-refractivity contribution is -0.139. The Bertz CT molecular complexity index is 1920. The van der Waals surface area contributed by atoms with Crippen molar-refractivity contribution in [3.8, 4) is 5.69 Å². The van der Waals surface area contributed by atoms with Gasteiger partial charge in [-0.2, -0.15) is 0 Å². The van der Waals surface area contributed by atoms with Crippen LogP contribution in [0, 0.1) is 19.7 Å². The third kappa shape index (κ3) is 5.78. The lowest BCUT2D eigenvalue weighted by Gasteiger charge is -2.26. The molecule has 0 spiro atoms. The Morgan fingerprint density at radius 2 is 1.86 bits per heavy atom. The highest BCUT2D eigenvalue weighted by atomic mass is 35.5. The van der Waals surface area contributed by atoms with E-state index in [1.165, 1.54) is 23.0 Å². The van der Waals surface area contributed by atoms with Crippen molar-refractivity contribution in [3.63, 3.8) is 0 Å². The standard InChI is InChI=1S/C34H35ClFN3O3S/c1-7-9-28-30(33(41)42-8-2)31(23-12-10-22(11-13-23)19(3)4)39-32(40)29(43-34(39)37-28)17-24-16-20(5)38(21(24)6)25-14-15-27(36)26(35)18-25/h10-19,31H,7-9H2,1-6H3/b29-17+/t31-/m1/s1. The topological polar surface area (TPSA) is 65.6 Å². The molecule has 4 aromatic rings. The number of rotatable bonds is 8. The molecule has 0 radical (unpaired) electrons. The fourth-order valence-electron chi connectivity index (χ4n) is 5.60. The number of fused-ring (bicyclic) bond motifs is 1. The number of benzene rings is 2. The van der Waals surface area contributed by atoms with Crippen LogP contribution < -0.4 is 14.9 Å². The fourth-order valence-corrected chi connectivity index (χ4v) is 6.78. The number of thiazole rings is 1. The summed E-state index contributed by atoms with van der Waals surface area (Å²) in [5, 5.41) is 0.0431. The van der Waals surface area contributed by atoms with Crippen LogP contribution in [0.2, 0.25) is 5.02 Å². The van der Waals surface area contributed by atoms with Crippen molar-refractivity contribution in [2.24, 2.45) is 4.99 Å². The van der Waals surface area contributed by atoms with Crippen LogP contribution in [0.25, 0.3) is 11.8 Å². The Balaban J connectivity index is 1.71. The number of esters is 1. The molecule has 1 aliphatic heterocycles. The first-order chi connectivity index (χ1) is 20.5. The van der Waals surface area contributed by atoms with Crippen molar-refractivity contribution in [2.45, 2.75) is 66.3 Å². The Morgan fingerprint density at radius 3 is 2.49 bits per heavy atom. The maximum absolute atomic E-state index is 14.2. The zero-order valence-electron chi connectivity index (χ0n) is 25.2. The molecule has 3 heterocycles. The van der Waals surface area contributed by atoms with Gasteiger partial charge in [-0.1, -0.05) is 74.4 Å². The van der Waals surface area contributed by atoms with Crippen LogP contribution in [-0.4, -0.2) is 21.7 Å². The summed E-state index contributed by atoms with van der Waals surface area (Å²) in [5.74, 6) is -0.590. The SMILES string of the molecule is CCCC1=C(C(=O)OCC)[C@@H](c2ccc(C(C)C)cc2)n2c(s/c(=C/c3cc(C)n(-c4ccc(F)c(Cl)c4)c3C)c2=O)=N1. The van der Waals surface area contributed by atoms with E-state index in [0.717, 1.165) is 34.6 Å². The first-order valence-corrected chi connectivity index (χ1v) is 15.7. The summed E-state index contributed by atoms with van der Waals surface area (Å²) in [6.45, 7) is 12.2. The highest BCUT2D eigenvalue weighted by molar-refractivity contribution is 7.07. The number of aromatic nitrogens is 2. The zero-order chi connectivity index (χ0) is 31.0. The van der Waals surface area contributed by atoms with Crippen molar-refractivity contribution in [2.75, 3.05) is 6.61 Å². The molecule has 0 N–H and O–H groups in total. The predicted octanol–water partition coefficient (Wildman–Crippen LogP) is 6.90. The van der Waals surface area contributed by atoms with E-state index in [0.29, 0.717) is 32.9 Å². The number of ether oxygens (including phenoxy) is 1. The molecule has 0 bridgehead atoms. The number of allylic oxidation sites excluding steroid dienone is 1. The third-order valence-electron chi connectivity index (χ3n) is 7.73. The highest BCUT2D eigenvalue weighted by Crippen LogP contribution is 2.33. The van der Waals surface area contributed by atoms with Crippen LogP contribution in [0.4, 0.5) is 4.39 Å². The van der Waals surface area contributed by atoms with Gasteiger partial charge in [-0.05, 0) is 80.1 Å². The van der Waals surface area contributed by atoms with E-state index in [2.05, 4.69) is 26.0 Å². The predicted molar refractivity (Wildman–Crippen MR) is 170 cm³/mol. The van der Waals surface area contributed by atoms with Gasteiger partial charge in [-0.15, -0.1) is 0 Å². The van der Waals surface area contributed by atoms with Crippen LogP contribution >= 0.6 is 22.9 Å². The molecule has 0 unspecified atom stereocenters. The van der Waals surface area contributed by atoms with Crippen LogP contribution in [-0.2, 0) is 9.53 Å². The van der Waals surface area contributed by atoms with Crippen molar-refractivity contribution in [1.29, 1.82) is 0 Å². The van der Waals surface area contributed by atoms with Crippen molar-refractivity contribution >= 4 is 35.0 Å². The monoisotopic (exact) mass is 619 g/mol. The molecule has 1 atom stereocenters. The largest absolute Gasteiger partial charge is 0.463 e. The minimum Gasteiger partial charge on any atom is -0.463 e. The summed E-state index contributed by atoms with van der Waals surface area (Å²) < 4.78 is 23.5. The summed E-state index contributed by atoms with van der Waals surface area (Å²) in [7, 11) is 0. The third-order valence-corrected chi connectivity index (χ3v) is 9.00. The quantitative estimate of drug-likeness (QED) is 0.202. The van der Waals surface area contributed by atoms with Gasteiger partial charge in [0.05, 0.1) is 33.5 Å². The van der Waals surface area contributed by atoms with Gasteiger partial charge >= 0.3 is 5.97 Å². The summed E-state index contributed by atoms with van der Waals surface area (Å²) >= 11 is 7.38. The Morgan fingerprint density at radius 1 is 1.14 bits per heavy atom. The van der Waals surface area contributed by atoms with Crippen LogP contribution in [0.3, 0.4) is 0 Å². The number of hydrogen-bond donors (Lipinski definition) is 0. The van der Waals surface area contributed by atoms with Gasteiger partial charge in [0.25, 0.3) is 5.56 Å². The van der Waals surface area contributed by atoms with Crippen molar-refractivity contribution < 1.29 is 13.9 Å². The van der Waals surface area contributed by atoms with Gasteiger partial charge in [-0.3, -0.25) is 9.36 Å². The lowest BCUT2D eigenvalue weighted by atomic mass is 9.92. The minimum atomic E-state index is -0.658. The molecule has 0 aliphatic carbocycles. The summed E-state index contributed by atoms with van der Waals surface area (Å²) in [6.07, 6.45) is 3.23. The molecule has 6 nitrogen and oxygen atoms in total. The second-order valence-electron chi connectivity index (χ2n) is 11.0. The van der Waals surface area contributed by atoms with E-state index in [1.54, 1.807) is 23.6 Å². The van der Waals surface area contributed by atoms with E-state index >= 15 is 0 Å². The Kier molecular flexibility index (Phi) is 8.90. The molecule has 2 aromatic carbocycles. The molecule has 9 heteroatoms. The van der Waals surface area contributed by atoms with E-state index in [9.17, 15) is 14.0 Å². The van der Waals surface area contributed by atoms with Crippen LogP contribution in [0.1, 0.15) is 80.6 Å². The van der Waals surface area contributed by atoms with Gasteiger partial charge < -0.3 is 9.30 Å². The van der Waals surface area contributed by atoms with Crippen LogP contribution in [0.5, 0.6) is 0 Å². The normalized spacial score (nSPS) is 15.2. The highest BCUT2D eigenvalue weighted by Gasteiger charge is 2.34. The second-order valence-corrected chi connectivity index (χ2v) is 12.4. The van der Waals surface area contributed by atoms with Crippen molar-refractivity contribution in [1.82, 2.24) is 9.13 Å². The van der Waals surface area contributed by atoms with Crippen molar-refractivity contribution in [3.05, 3.63) is 118 Å². The fraction of sp³-hybridized carbons (Fsp3) is 0.324. The summed E-state index contributed by atoms with van der Waals surface area (Å²) in [4.78, 5) is 33.0. The maximum atomic E-state index is 14.2. The first kappa shape index (κ1) is 30.7. The average Bonchev–Trinajstić information content (AvgIpc) is 3.43. The number of aryl methyl sites for hydroxylation is 1. The van der Waals surface area contributed by atoms with E-state index < -0.39 is 17.8 Å². The molecule has 0 fully saturated rings. The molecular formula is C34H35ClFN3O3S. The van der Waals surface area contributed by atoms with E-state index in [4.69, 9.17) is 21.3 Å². The maximum Gasteiger partial charge on any atom is 0.338 e. The molecule has 0 saturated heterocycles. The molecular weight excluding hydrogens is 585 g/mol. The Labute approximate surface area is 259 Å². The molecule has 43 heavy (non-hydrogen) atoms. The summed E-state index contributed by atoms with van der Waals surface area (Å²) in [6, 6.07) is 14.0. The smallest absolute Gasteiger partial charge is 0.338 e. The number of carbonyl (C=O) groups is 1. The van der Waals surface area contributed by atoms with Gasteiger partial charge in [0.1, 0.15) is 5.82 Å². The molecule has 1 aliphatic rings. The average molecular weight is 620 g/mol. The van der Waals surface area contributed by atoms with Gasteiger partial charge in [0, 0.05) is 17.1 Å². The summed E-state index contributed by atoms with van der Waals surface area (Å²) in [5.41, 5.74) is 6.20.